The number of hydrogen-bond acceptors (Lipinski definition) is 3. The minimum absolute atomic E-state index is 0. The van der Waals surface area contributed by atoms with Crippen molar-refractivity contribution in [3.05, 3.63) is 36.4 Å². The summed E-state index contributed by atoms with van der Waals surface area (Å²) in [5.74, 6) is 0. The Morgan fingerprint density at radius 1 is 0.812 bits per heavy atom. The molecule has 82 valence electrons. The molecule has 0 amide bonds. The maximum absolute atomic E-state index is 5.82. The van der Waals surface area contributed by atoms with Crippen LogP contribution in [0.15, 0.2) is 36.4 Å². The molecule has 2 nitrogen and oxygen atoms in total. The maximum Gasteiger partial charge on any atom is 0.0562 e. The minimum Gasteiger partial charge on any atom is -0.397 e. The molecule has 3 rings (SSSR count). The predicted octanol–water partition coefficient (Wildman–Crippen LogP) is 3.33. The number of anilines is 2. The van der Waals surface area contributed by atoms with E-state index in [1.165, 1.54) is 20.2 Å². The van der Waals surface area contributed by atoms with E-state index < -0.39 is 0 Å². The second kappa shape index (κ2) is 3.88. The summed E-state index contributed by atoms with van der Waals surface area (Å²) in [4.78, 5) is 0. The van der Waals surface area contributed by atoms with Gasteiger partial charge in [-0.15, -0.1) is 11.3 Å². The van der Waals surface area contributed by atoms with Gasteiger partial charge in [-0.1, -0.05) is 18.2 Å². The van der Waals surface area contributed by atoms with Crippen molar-refractivity contribution in [2.75, 3.05) is 11.5 Å². The Labute approximate surface area is 104 Å². The van der Waals surface area contributed by atoms with E-state index in [9.17, 15) is 0 Å². The van der Waals surface area contributed by atoms with Crippen LogP contribution in [0, 0.1) is 0 Å². The molecule has 0 aliphatic heterocycles. The molecule has 0 aliphatic carbocycles. The highest BCUT2D eigenvalue weighted by molar-refractivity contribution is 7.59. The van der Waals surface area contributed by atoms with E-state index in [0.717, 1.165) is 0 Å². The van der Waals surface area contributed by atoms with E-state index in [1.54, 1.807) is 11.3 Å². The average Bonchev–Trinajstić information content (AvgIpc) is 2.57. The zero-order chi connectivity index (χ0) is 10.4. The monoisotopic (exact) mass is 248 g/mol. The number of nitrogens with two attached hydrogens (primary N) is 2. The molecular formula is C12H12N2S2. The van der Waals surface area contributed by atoms with Gasteiger partial charge >= 0.3 is 0 Å². The number of benzene rings is 2. The van der Waals surface area contributed by atoms with Crippen LogP contribution in [0.25, 0.3) is 20.2 Å². The van der Waals surface area contributed by atoms with Crippen molar-refractivity contribution >= 4 is 56.4 Å². The summed E-state index contributed by atoms with van der Waals surface area (Å²) in [6, 6.07) is 12.2. The summed E-state index contributed by atoms with van der Waals surface area (Å²) in [6.45, 7) is 0. The number of hydrogen-bond donors (Lipinski definition) is 2. The number of thiophene rings is 1. The van der Waals surface area contributed by atoms with Gasteiger partial charge in [0.15, 0.2) is 0 Å². The van der Waals surface area contributed by atoms with Crippen molar-refractivity contribution in [3.8, 4) is 0 Å². The van der Waals surface area contributed by atoms with Crippen LogP contribution < -0.4 is 11.5 Å². The smallest absolute Gasteiger partial charge is 0.0562 e. The first kappa shape index (κ1) is 11.1. The van der Waals surface area contributed by atoms with Crippen LogP contribution in [-0.4, -0.2) is 0 Å². The topological polar surface area (TPSA) is 52.0 Å². The van der Waals surface area contributed by atoms with E-state index in [0.29, 0.717) is 11.4 Å². The Morgan fingerprint density at radius 3 is 2.31 bits per heavy atom. The van der Waals surface area contributed by atoms with Crippen molar-refractivity contribution in [2.24, 2.45) is 0 Å². The van der Waals surface area contributed by atoms with Crippen LogP contribution in [-0.2, 0) is 0 Å². The van der Waals surface area contributed by atoms with Gasteiger partial charge in [0.2, 0.25) is 0 Å². The number of fused-ring (bicyclic) bond motifs is 3. The zero-order valence-corrected chi connectivity index (χ0v) is 10.3. The molecule has 0 fully saturated rings. The Hall–Kier alpha value is -1.39. The summed E-state index contributed by atoms with van der Waals surface area (Å²) < 4.78 is 2.47. The number of nitrogen functional groups attached to an aromatic ring is 2. The molecule has 0 saturated carbocycles. The first-order valence-electron chi connectivity index (χ1n) is 4.72. The van der Waals surface area contributed by atoms with Crippen LogP contribution in [0.3, 0.4) is 0 Å². The molecule has 4 heteroatoms. The summed E-state index contributed by atoms with van der Waals surface area (Å²) in [6.07, 6.45) is 0. The van der Waals surface area contributed by atoms with E-state index in [4.69, 9.17) is 11.5 Å². The lowest BCUT2D eigenvalue weighted by Crippen LogP contribution is -1.92. The molecule has 4 N–H and O–H groups in total. The lowest BCUT2D eigenvalue weighted by atomic mass is 10.1. The Bertz CT molecular complexity index is 658. The van der Waals surface area contributed by atoms with Crippen LogP contribution >= 0.6 is 24.8 Å². The van der Waals surface area contributed by atoms with Crippen molar-refractivity contribution in [2.45, 2.75) is 0 Å². The van der Waals surface area contributed by atoms with Crippen molar-refractivity contribution in [1.82, 2.24) is 0 Å². The molecule has 0 atom stereocenters. The molecule has 0 unspecified atom stereocenters. The molecular weight excluding hydrogens is 236 g/mol. The second-order valence-corrected chi connectivity index (χ2v) is 4.66. The predicted molar refractivity (Wildman–Crippen MR) is 78.5 cm³/mol. The molecule has 1 heterocycles. The van der Waals surface area contributed by atoms with Gasteiger partial charge in [-0.25, -0.2) is 0 Å². The molecule has 0 bridgehead atoms. The lowest BCUT2D eigenvalue weighted by molar-refractivity contribution is 1.75. The standard InChI is InChI=1S/C12H10N2S.H2S/c13-9-5-8-7-3-1-2-4-11(7)15-12(8)6-10(9)14;/h1-6H,13-14H2;1H2. The fourth-order valence-electron chi connectivity index (χ4n) is 1.80. The largest absolute Gasteiger partial charge is 0.397 e. The zero-order valence-electron chi connectivity index (χ0n) is 8.53. The molecule has 1 aromatic heterocycles. The lowest BCUT2D eigenvalue weighted by Gasteiger charge is -1.99. The summed E-state index contributed by atoms with van der Waals surface area (Å²) in [5, 5.41) is 2.45. The SMILES string of the molecule is Nc1cc2sc3ccccc3c2cc1N.S. The van der Waals surface area contributed by atoms with E-state index in [1.807, 2.05) is 24.3 Å². The highest BCUT2D eigenvalue weighted by atomic mass is 32.1. The molecule has 16 heavy (non-hydrogen) atoms. The number of rotatable bonds is 0. The second-order valence-electron chi connectivity index (χ2n) is 3.58. The normalized spacial score (nSPS) is 10.5. The molecule has 0 aliphatic rings. The van der Waals surface area contributed by atoms with Gasteiger partial charge < -0.3 is 11.5 Å². The van der Waals surface area contributed by atoms with Gasteiger partial charge in [0.05, 0.1) is 11.4 Å². The van der Waals surface area contributed by atoms with Crippen LogP contribution in [0.2, 0.25) is 0 Å². The Balaban J connectivity index is 0.000000963. The third kappa shape index (κ3) is 1.50. The molecule has 0 spiro atoms. The fourth-order valence-corrected chi connectivity index (χ4v) is 2.94. The molecule has 0 saturated heterocycles. The minimum atomic E-state index is 0. The molecule has 2 aromatic carbocycles. The van der Waals surface area contributed by atoms with E-state index in [2.05, 4.69) is 12.1 Å². The van der Waals surface area contributed by atoms with E-state index in [-0.39, 0.29) is 13.5 Å². The van der Waals surface area contributed by atoms with Gasteiger partial charge in [0, 0.05) is 20.2 Å². The highest BCUT2D eigenvalue weighted by Crippen LogP contribution is 2.36. The summed E-state index contributed by atoms with van der Waals surface area (Å²) >= 11 is 1.75. The first-order chi connectivity index (χ1) is 7.25. The van der Waals surface area contributed by atoms with Gasteiger partial charge in [-0.2, -0.15) is 13.5 Å². The van der Waals surface area contributed by atoms with Crippen LogP contribution in [0.5, 0.6) is 0 Å². The third-order valence-electron chi connectivity index (χ3n) is 2.58. The van der Waals surface area contributed by atoms with Crippen LogP contribution in [0.4, 0.5) is 11.4 Å². The van der Waals surface area contributed by atoms with Crippen molar-refractivity contribution < 1.29 is 0 Å². The Kier molecular flexibility index (Phi) is 2.69. The molecule has 3 aromatic rings. The van der Waals surface area contributed by atoms with Gasteiger partial charge in [0.1, 0.15) is 0 Å². The summed E-state index contributed by atoms with van der Waals surface area (Å²) in [5.41, 5.74) is 12.9. The van der Waals surface area contributed by atoms with Crippen molar-refractivity contribution in [3.63, 3.8) is 0 Å². The van der Waals surface area contributed by atoms with Gasteiger partial charge in [0.25, 0.3) is 0 Å². The quantitative estimate of drug-likeness (QED) is 0.600. The van der Waals surface area contributed by atoms with Gasteiger partial charge in [-0.3, -0.25) is 0 Å². The average molecular weight is 248 g/mol. The van der Waals surface area contributed by atoms with E-state index >= 15 is 0 Å². The maximum atomic E-state index is 5.82. The highest BCUT2D eigenvalue weighted by Gasteiger charge is 2.06. The molecule has 0 radical (unpaired) electrons. The van der Waals surface area contributed by atoms with Crippen molar-refractivity contribution in [1.29, 1.82) is 0 Å². The fraction of sp³-hybridized carbons (Fsp3) is 0. The van der Waals surface area contributed by atoms with Gasteiger partial charge in [-0.05, 0) is 18.2 Å². The third-order valence-corrected chi connectivity index (χ3v) is 3.72. The summed E-state index contributed by atoms with van der Waals surface area (Å²) in [7, 11) is 0. The van der Waals surface area contributed by atoms with Crippen LogP contribution in [0.1, 0.15) is 0 Å². The first-order valence-corrected chi connectivity index (χ1v) is 5.53. The Morgan fingerprint density at radius 2 is 1.50 bits per heavy atom.